The van der Waals surface area contributed by atoms with Crippen LogP contribution in [-0.2, 0) is 11.3 Å². The van der Waals surface area contributed by atoms with E-state index in [0.717, 1.165) is 10.6 Å². The quantitative estimate of drug-likeness (QED) is 0.947. The zero-order valence-corrected chi connectivity index (χ0v) is 12.3. The van der Waals surface area contributed by atoms with E-state index in [1.54, 1.807) is 16.2 Å². The minimum atomic E-state index is 0. The second-order valence-electron chi connectivity index (χ2n) is 4.19. The monoisotopic (exact) mass is 307 g/mol. The van der Waals surface area contributed by atoms with Gasteiger partial charge < -0.3 is 5.32 Å². The summed E-state index contributed by atoms with van der Waals surface area (Å²) in [6.07, 6.45) is 0. The van der Waals surface area contributed by atoms with Gasteiger partial charge in [0.25, 0.3) is 5.91 Å². The SMILES string of the molecule is Cl.O=C1CN=C(Nc2ccccc2)N1Cc1cccs1. The van der Waals surface area contributed by atoms with Crippen molar-refractivity contribution in [3.8, 4) is 0 Å². The van der Waals surface area contributed by atoms with Gasteiger partial charge in [-0.2, -0.15) is 0 Å². The number of carbonyl (C=O) groups excluding carboxylic acids is 1. The number of halogens is 1. The summed E-state index contributed by atoms with van der Waals surface area (Å²) in [5, 5.41) is 5.20. The molecule has 1 aromatic carbocycles. The summed E-state index contributed by atoms with van der Waals surface area (Å²) < 4.78 is 0. The lowest BCUT2D eigenvalue weighted by molar-refractivity contribution is -0.125. The van der Waals surface area contributed by atoms with Gasteiger partial charge in [-0.25, -0.2) is 4.99 Å². The lowest BCUT2D eigenvalue weighted by Gasteiger charge is -2.18. The number of aliphatic imine (C=N–C) groups is 1. The van der Waals surface area contributed by atoms with Crippen molar-refractivity contribution in [1.82, 2.24) is 4.90 Å². The highest BCUT2D eigenvalue weighted by atomic mass is 35.5. The molecule has 3 rings (SSSR count). The Morgan fingerprint density at radius 1 is 1.20 bits per heavy atom. The third-order valence-corrected chi connectivity index (χ3v) is 3.71. The molecule has 1 aliphatic heterocycles. The van der Waals surface area contributed by atoms with E-state index in [-0.39, 0.29) is 24.9 Å². The lowest BCUT2D eigenvalue weighted by atomic mass is 10.3. The predicted molar refractivity (Wildman–Crippen MR) is 84.5 cm³/mol. The maximum Gasteiger partial charge on any atom is 0.251 e. The Balaban J connectivity index is 0.00000147. The van der Waals surface area contributed by atoms with Gasteiger partial charge in [0.1, 0.15) is 6.54 Å². The molecule has 4 nitrogen and oxygen atoms in total. The number of thiophene rings is 1. The molecule has 1 N–H and O–H groups in total. The zero-order valence-electron chi connectivity index (χ0n) is 10.7. The van der Waals surface area contributed by atoms with Crippen LogP contribution >= 0.6 is 23.7 Å². The molecule has 1 aromatic heterocycles. The largest absolute Gasteiger partial charge is 0.326 e. The van der Waals surface area contributed by atoms with Crippen LogP contribution in [0.3, 0.4) is 0 Å². The average molecular weight is 308 g/mol. The molecule has 0 atom stereocenters. The van der Waals surface area contributed by atoms with Crippen molar-refractivity contribution < 1.29 is 4.79 Å². The Kier molecular flexibility index (Phi) is 4.76. The fourth-order valence-corrected chi connectivity index (χ4v) is 2.60. The number of carbonyl (C=O) groups is 1. The number of anilines is 1. The third-order valence-electron chi connectivity index (χ3n) is 2.84. The molecule has 104 valence electrons. The first kappa shape index (κ1) is 14.6. The van der Waals surface area contributed by atoms with Gasteiger partial charge in [0.05, 0.1) is 6.54 Å². The second-order valence-corrected chi connectivity index (χ2v) is 5.22. The number of para-hydroxylation sites is 1. The Hall–Kier alpha value is -1.85. The number of rotatable bonds is 3. The van der Waals surface area contributed by atoms with Crippen molar-refractivity contribution in [2.24, 2.45) is 4.99 Å². The summed E-state index contributed by atoms with van der Waals surface area (Å²) in [6, 6.07) is 13.8. The number of hydrogen-bond donors (Lipinski definition) is 1. The fraction of sp³-hybridized carbons (Fsp3) is 0.143. The van der Waals surface area contributed by atoms with Crippen LogP contribution in [0, 0.1) is 0 Å². The van der Waals surface area contributed by atoms with E-state index in [9.17, 15) is 4.79 Å². The highest BCUT2D eigenvalue weighted by molar-refractivity contribution is 7.09. The van der Waals surface area contributed by atoms with E-state index in [0.29, 0.717) is 12.5 Å². The number of hydrogen-bond acceptors (Lipinski definition) is 4. The van der Waals surface area contributed by atoms with Gasteiger partial charge in [-0.15, -0.1) is 23.7 Å². The molecular weight excluding hydrogens is 294 g/mol. The molecule has 0 bridgehead atoms. The molecule has 6 heteroatoms. The molecule has 2 aromatic rings. The molecule has 1 amide bonds. The van der Waals surface area contributed by atoms with Gasteiger partial charge in [0.2, 0.25) is 5.96 Å². The summed E-state index contributed by atoms with van der Waals surface area (Å²) in [5.74, 6) is 0.663. The molecule has 0 aliphatic carbocycles. The Morgan fingerprint density at radius 3 is 2.70 bits per heavy atom. The molecule has 0 fully saturated rings. The van der Waals surface area contributed by atoms with Crippen LogP contribution in [-0.4, -0.2) is 23.3 Å². The van der Waals surface area contributed by atoms with Crippen LogP contribution in [0.4, 0.5) is 5.69 Å². The molecule has 0 spiro atoms. The van der Waals surface area contributed by atoms with E-state index in [1.165, 1.54) is 0 Å². The van der Waals surface area contributed by atoms with Gasteiger partial charge in [-0.1, -0.05) is 24.3 Å². The van der Waals surface area contributed by atoms with Crippen molar-refractivity contribution in [3.63, 3.8) is 0 Å². The van der Waals surface area contributed by atoms with Crippen LogP contribution < -0.4 is 5.32 Å². The van der Waals surface area contributed by atoms with E-state index in [4.69, 9.17) is 0 Å². The standard InChI is InChI=1S/C14H13N3OS.ClH/c18-13-9-15-14(16-11-5-2-1-3-6-11)17(13)10-12-7-4-8-19-12;/h1-8H,9-10H2,(H,15,16);1H. The average Bonchev–Trinajstić information content (AvgIpc) is 3.05. The molecule has 0 saturated carbocycles. The number of nitrogens with zero attached hydrogens (tertiary/aromatic N) is 2. The van der Waals surface area contributed by atoms with Crippen molar-refractivity contribution in [3.05, 3.63) is 52.7 Å². The van der Waals surface area contributed by atoms with Crippen LogP contribution in [0.1, 0.15) is 4.88 Å². The molecule has 0 radical (unpaired) electrons. The Bertz CT molecular complexity index is 598. The van der Waals surface area contributed by atoms with Crippen molar-refractivity contribution in [1.29, 1.82) is 0 Å². The summed E-state index contributed by atoms with van der Waals surface area (Å²) in [7, 11) is 0. The fourth-order valence-electron chi connectivity index (χ4n) is 1.91. The number of amides is 1. The van der Waals surface area contributed by atoms with Crippen LogP contribution in [0.15, 0.2) is 52.8 Å². The first-order valence-electron chi connectivity index (χ1n) is 6.02. The van der Waals surface area contributed by atoms with Crippen molar-refractivity contribution in [2.45, 2.75) is 6.54 Å². The van der Waals surface area contributed by atoms with Gasteiger partial charge in [-0.3, -0.25) is 9.69 Å². The molecule has 20 heavy (non-hydrogen) atoms. The highest BCUT2D eigenvalue weighted by Gasteiger charge is 2.25. The molecule has 0 saturated heterocycles. The topological polar surface area (TPSA) is 44.7 Å². The molecular formula is C14H14ClN3OS. The number of guanidine groups is 1. The van der Waals surface area contributed by atoms with Gasteiger partial charge >= 0.3 is 0 Å². The third kappa shape index (κ3) is 3.18. The van der Waals surface area contributed by atoms with Gasteiger partial charge in [0, 0.05) is 10.6 Å². The van der Waals surface area contributed by atoms with Crippen LogP contribution in [0.2, 0.25) is 0 Å². The first-order chi connectivity index (χ1) is 9.33. The van der Waals surface area contributed by atoms with Gasteiger partial charge in [0.15, 0.2) is 0 Å². The van der Waals surface area contributed by atoms with E-state index in [2.05, 4.69) is 10.3 Å². The summed E-state index contributed by atoms with van der Waals surface area (Å²) in [4.78, 5) is 19.0. The summed E-state index contributed by atoms with van der Waals surface area (Å²) in [5.41, 5.74) is 0.937. The maximum atomic E-state index is 11.9. The Morgan fingerprint density at radius 2 is 2.00 bits per heavy atom. The predicted octanol–water partition coefficient (Wildman–Crippen LogP) is 2.98. The van der Waals surface area contributed by atoms with Crippen LogP contribution in [0.5, 0.6) is 0 Å². The van der Waals surface area contributed by atoms with E-state index >= 15 is 0 Å². The second kappa shape index (κ2) is 6.54. The Labute approximate surface area is 127 Å². The molecule has 1 aliphatic rings. The van der Waals surface area contributed by atoms with Gasteiger partial charge in [-0.05, 0) is 23.6 Å². The lowest BCUT2D eigenvalue weighted by Crippen LogP contribution is -2.36. The number of nitrogens with one attached hydrogen (secondary N) is 1. The summed E-state index contributed by atoms with van der Waals surface area (Å²) in [6.45, 7) is 0.801. The van der Waals surface area contributed by atoms with Crippen molar-refractivity contribution in [2.75, 3.05) is 11.9 Å². The highest BCUT2D eigenvalue weighted by Crippen LogP contribution is 2.16. The normalized spacial score (nSPS) is 13.9. The summed E-state index contributed by atoms with van der Waals surface area (Å²) >= 11 is 1.64. The maximum absolute atomic E-state index is 11.9. The minimum absolute atomic E-state index is 0. The van der Waals surface area contributed by atoms with E-state index < -0.39 is 0 Å². The van der Waals surface area contributed by atoms with E-state index in [1.807, 2.05) is 47.8 Å². The first-order valence-corrected chi connectivity index (χ1v) is 6.90. The minimum Gasteiger partial charge on any atom is -0.326 e. The molecule has 2 heterocycles. The number of benzene rings is 1. The van der Waals surface area contributed by atoms with Crippen molar-refractivity contribution >= 4 is 41.3 Å². The zero-order chi connectivity index (χ0) is 13.1. The van der Waals surface area contributed by atoms with Crippen LogP contribution in [0.25, 0.3) is 0 Å². The molecule has 0 unspecified atom stereocenters. The smallest absolute Gasteiger partial charge is 0.251 e.